The van der Waals surface area contributed by atoms with Crippen molar-refractivity contribution in [3.63, 3.8) is 0 Å². The van der Waals surface area contributed by atoms with Gasteiger partial charge >= 0.3 is 6.36 Å². The van der Waals surface area contributed by atoms with Crippen molar-refractivity contribution in [1.29, 1.82) is 0 Å². The van der Waals surface area contributed by atoms with E-state index in [-0.39, 0.29) is 42.8 Å². The Labute approximate surface area is 162 Å². The van der Waals surface area contributed by atoms with Gasteiger partial charge < -0.3 is 20.1 Å². The number of alkyl halides is 3. The Morgan fingerprint density at radius 3 is 2.57 bits per heavy atom. The number of piperidine rings is 1. The molecule has 2 aliphatic rings. The highest BCUT2D eigenvalue weighted by atomic mass is 19.4. The zero-order chi connectivity index (χ0) is 20.3. The van der Waals surface area contributed by atoms with Gasteiger partial charge in [-0.3, -0.25) is 9.69 Å². The van der Waals surface area contributed by atoms with Gasteiger partial charge in [-0.15, -0.1) is 13.2 Å². The van der Waals surface area contributed by atoms with Gasteiger partial charge in [-0.25, -0.2) is 0 Å². The number of rotatable bonds is 6. The number of benzene rings is 1. The van der Waals surface area contributed by atoms with Crippen molar-refractivity contribution < 1.29 is 27.8 Å². The third-order valence-electron chi connectivity index (χ3n) is 5.63. The van der Waals surface area contributed by atoms with Crippen LogP contribution in [-0.4, -0.2) is 67.1 Å². The molecule has 3 unspecified atom stereocenters. The number of carbonyl (C=O) groups excluding carboxylic acids is 1. The standard InChI is InChI=1S/C19H26F3N3O3/c1-23-18(27)11-14(12-26)24-9-2-3-16-17(24)8-10-25(16)13-4-6-15(7-5-13)28-19(20,21)22/h4-7,14,16-17,26H,2-3,8-12H2,1H3,(H,23,27). The van der Waals surface area contributed by atoms with Gasteiger partial charge in [-0.05, 0) is 50.1 Å². The second kappa shape index (κ2) is 8.57. The number of halogens is 3. The first-order valence-electron chi connectivity index (χ1n) is 9.52. The maximum absolute atomic E-state index is 12.3. The predicted molar refractivity (Wildman–Crippen MR) is 98.2 cm³/mol. The molecule has 1 aromatic rings. The van der Waals surface area contributed by atoms with Crippen molar-refractivity contribution >= 4 is 11.6 Å². The van der Waals surface area contributed by atoms with Crippen molar-refractivity contribution in [1.82, 2.24) is 10.2 Å². The van der Waals surface area contributed by atoms with Crippen LogP contribution in [0.25, 0.3) is 0 Å². The molecule has 1 aromatic carbocycles. The van der Waals surface area contributed by atoms with Crippen LogP contribution in [0.1, 0.15) is 25.7 Å². The summed E-state index contributed by atoms with van der Waals surface area (Å²) in [5.41, 5.74) is 0.857. The lowest BCUT2D eigenvalue weighted by molar-refractivity contribution is -0.274. The Morgan fingerprint density at radius 1 is 1.25 bits per heavy atom. The van der Waals surface area contributed by atoms with E-state index in [2.05, 4.69) is 19.9 Å². The SMILES string of the molecule is CNC(=O)CC(CO)N1CCCC2C1CCN2c1ccc(OC(F)(F)F)cc1. The van der Waals surface area contributed by atoms with E-state index in [1.165, 1.54) is 12.1 Å². The van der Waals surface area contributed by atoms with Gasteiger partial charge in [0.2, 0.25) is 5.91 Å². The molecule has 0 spiro atoms. The molecule has 1 amide bonds. The van der Waals surface area contributed by atoms with Crippen LogP contribution in [0.5, 0.6) is 5.75 Å². The number of nitrogens with one attached hydrogen (secondary N) is 1. The summed E-state index contributed by atoms with van der Waals surface area (Å²) >= 11 is 0. The summed E-state index contributed by atoms with van der Waals surface area (Å²) < 4.78 is 41.0. The summed E-state index contributed by atoms with van der Waals surface area (Å²) in [5, 5.41) is 12.4. The van der Waals surface area contributed by atoms with E-state index in [1.807, 2.05) is 0 Å². The third-order valence-corrected chi connectivity index (χ3v) is 5.63. The molecule has 0 aromatic heterocycles. The molecule has 0 bridgehead atoms. The van der Waals surface area contributed by atoms with Gasteiger partial charge in [0.25, 0.3) is 0 Å². The first-order chi connectivity index (χ1) is 13.3. The van der Waals surface area contributed by atoms with Crippen molar-refractivity contribution in [3.8, 4) is 5.75 Å². The molecular weight excluding hydrogens is 375 g/mol. The molecule has 2 N–H and O–H groups in total. The number of carbonyl (C=O) groups is 1. The number of hydrogen-bond donors (Lipinski definition) is 2. The van der Waals surface area contributed by atoms with Gasteiger partial charge in [0.05, 0.1) is 6.61 Å². The summed E-state index contributed by atoms with van der Waals surface area (Å²) in [6.07, 6.45) is -1.65. The molecule has 0 radical (unpaired) electrons. The summed E-state index contributed by atoms with van der Waals surface area (Å²) in [6.45, 7) is 1.53. The summed E-state index contributed by atoms with van der Waals surface area (Å²) in [5.74, 6) is -0.334. The van der Waals surface area contributed by atoms with Gasteiger partial charge in [0, 0.05) is 43.8 Å². The molecule has 3 atom stereocenters. The van der Waals surface area contributed by atoms with Crippen LogP contribution >= 0.6 is 0 Å². The molecule has 2 aliphatic heterocycles. The Hall–Kier alpha value is -2.00. The highest BCUT2D eigenvalue weighted by Gasteiger charge is 2.42. The van der Waals surface area contributed by atoms with E-state index >= 15 is 0 Å². The molecule has 156 valence electrons. The zero-order valence-corrected chi connectivity index (χ0v) is 15.8. The first-order valence-corrected chi connectivity index (χ1v) is 9.52. The minimum atomic E-state index is -4.70. The van der Waals surface area contributed by atoms with E-state index in [9.17, 15) is 23.1 Å². The fourth-order valence-corrected chi connectivity index (χ4v) is 4.44. The molecule has 2 fully saturated rings. The summed E-state index contributed by atoms with van der Waals surface area (Å²) in [6, 6.07) is 6.16. The topological polar surface area (TPSA) is 65.0 Å². The highest BCUT2D eigenvalue weighted by molar-refractivity contribution is 5.76. The van der Waals surface area contributed by atoms with Crippen molar-refractivity contribution in [3.05, 3.63) is 24.3 Å². The summed E-state index contributed by atoms with van der Waals surface area (Å²) in [4.78, 5) is 16.2. The van der Waals surface area contributed by atoms with Gasteiger partial charge in [0.1, 0.15) is 5.75 Å². The normalized spacial score (nSPS) is 24.0. The second-order valence-corrected chi connectivity index (χ2v) is 7.25. The van der Waals surface area contributed by atoms with Crippen LogP contribution in [0, 0.1) is 0 Å². The molecule has 28 heavy (non-hydrogen) atoms. The zero-order valence-electron chi connectivity index (χ0n) is 15.8. The van der Waals surface area contributed by atoms with Crippen molar-refractivity contribution in [2.45, 2.75) is 50.2 Å². The Balaban J connectivity index is 1.71. The lowest BCUT2D eigenvalue weighted by Crippen LogP contribution is -2.55. The average Bonchev–Trinajstić information content (AvgIpc) is 3.09. The molecule has 2 saturated heterocycles. The minimum Gasteiger partial charge on any atom is -0.406 e. The second-order valence-electron chi connectivity index (χ2n) is 7.25. The van der Waals surface area contributed by atoms with Crippen molar-refractivity contribution in [2.24, 2.45) is 0 Å². The number of ether oxygens (including phenoxy) is 1. The molecule has 0 aliphatic carbocycles. The van der Waals surface area contributed by atoms with E-state index in [0.29, 0.717) is 0 Å². The van der Waals surface area contributed by atoms with Gasteiger partial charge in [-0.1, -0.05) is 0 Å². The maximum atomic E-state index is 12.3. The minimum absolute atomic E-state index is 0.0832. The number of fused-ring (bicyclic) bond motifs is 1. The van der Waals surface area contributed by atoms with Gasteiger partial charge in [-0.2, -0.15) is 0 Å². The van der Waals surface area contributed by atoms with Crippen molar-refractivity contribution in [2.75, 3.05) is 31.6 Å². The third kappa shape index (κ3) is 4.70. The van der Waals surface area contributed by atoms with Crippen LogP contribution in [-0.2, 0) is 4.79 Å². The number of hydrogen-bond acceptors (Lipinski definition) is 5. The molecule has 0 saturated carbocycles. The van der Waals surface area contributed by atoms with E-state index in [0.717, 1.165) is 38.0 Å². The Morgan fingerprint density at radius 2 is 1.96 bits per heavy atom. The predicted octanol–water partition coefficient (Wildman–Crippen LogP) is 2.13. The molecular formula is C19H26F3N3O3. The van der Waals surface area contributed by atoms with Crippen LogP contribution in [0.3, 0.4) is 0 Å². The lowest BCUT2D eigenvalue weighted by atomic mass is 9.94. The molecule has 3 rings (SSSR count). The number of aliphatic hydroxyl groups is 1. The number of amides is 1. The van der Waals surface area contributed by atoms with Crippen LogP contribution in [0.4, 0.5) is 18.9 Å². The maximum Gasteiger partial charge on any atom is 0.573 e. The lowest BCUT2D eigenvalue weighted by Gasteiger charge is -2.43. The van der Waals surface area contributed by atoms with Crippen LogP contribution in [0.15, 0.2) is 24.3 Å². The molecule has 6 nitrogen and oxygen atoms in total. The number of aliphatic hydroxyl groups excluding tert-OH is 1. The average molecular weight is 401 g/mol. The smallest absolute Gasteiger partial charge is 0.406 e. The molecule has 2 heterocycles. The number of nitrogens with zero attached hydrogens (tertiary/aromatic N) is 2. The monoisotopic (exact) mass is 401 g/mol. The quantitative estimate of drug-likeness (QED) is 0.765. The first kappa shape index (κ1) is 20.7. The van der Waals surface area contributed by atoms with Gasteiger partial charge in [0.15, 0.2) is 0 Å². The molecule has 9 heteroatoms. The largest absolute Gasteiger partial charge is 0.573 e. The van der Waals surface area contributed by atoms with E-state index in [4.69, 9.17) is 0 Å². The fraction of sp³-hybridized carbons (Fsp3) is 0.632. The van der Waals surface area contributed by atoms with E-state index in [1.54, 1.807) is 19.2 Å². The highest BCUT2D eigenvalue weighted by Crippen LogP contribution is 2.36. The fourth-order valence-electron chi connectivity index (χ4n) is 4.44. The van der Waals surface area contributed by atoms with Crippen LogP contribution < -0.4 is 15.0 Å². The Bertz CT molecular complexity index is 669. The number of anilines is 1. The number of likely N-dealkylation sites (tertiary alicyclic amines) is 1. The van der Waals surface area contributed by atoms with E-state index < -0.39 is 6.36 Å². The Kier molecular flexibility index (Phi) is 6.34. The summed E-state index contributed by atoms with van der Waals surface area (Å²) in [7, 11) is 1.58. The van der Waals surface area contributed by atoms with Crippen LogP contribution in [0.2, 0.25) is 0 Å².